The molecule has 0 fully saturated rings. The highest BCUT2D eigenvalue weighted by molar-refractivity contribution is 5.77. The molecular formula is C8H13FN2O. The van der Waals surface area contributed by atoms with Crippen molar-refractivity contribution in [2.75, 3.05) is 0 Å². The smallest absolute Gasteiger partial charge is 0.322 e. The van der Waals surface area contributed by atoms with Crippen LogP contribution in [0.25, 0.3) is 0 Å². The van der Waals surface area contributed by atoms with E-state index in [4.69, 9.17) is 0 Å². The fourth-order valence-electron chi connectivity index (χ4n) is 1.02. The highest BCUT2D eigenvalue weighted by Gasteiger charge is 2.24. The van der Waals surface area contributed by atoms with Crippen molar-refractivity contribution in [3.8, 4) is 0 Å². The second kappa shape index (κ2) is 3.13. The first-order valence-electron chi connectivity index (χ1n) is 3.98. The van der Waals surface area contributed by atoms with E-state index in [2.05, 4.69) is 5.32 Å². The highest BCUT2D eigenvalue weighted by Crippen LogP contribution is 2.14. The van der Waals surface area contributed by atoms with Crippen molar-refractivity contribution in [3.05, 3.63) is 12.0 Å². The summed E-state index contributed by atoms with van der Waals surface area (Å²) in [5.41, 5.74) is 0. The van der Waals surface area contributed by atoms with E-state index in [1.807, 2.05) is 13.8 Å². The number of rotatable bonds is 1. The summed E-state index contributed by atoms with van der Waals surface area (Å²) >= 11 is 0. The maximum atomic E-state index is 13.0. The minimum Gasteiger partial charge on any atom is -0.329 e. The summed E-state index contributed by atoms with van der Waals surface area (Å²) in [7, 11) is 0. The standard InChI is InChI=1S/C8H13FN2O/c1-5(2)11-4-7(9)6(3)10-8(11)12/h4-6H,1-3H3,(H,10,12). The molecule has 1 heterocycles. The normalized spacial score (nSPS) is 24.1. The average molecular weight is 172 g/mol. The molecule has 1 aliphatic heterocycles. The van der Waals surface area contributed by atoms with Gasteiger partial charge < -0.3 is 5.32 Å². The second-order valence-electron chi connectivity index (χ2n) is 3.19. The van der Waals surface area contributed by atoms with Gasteiger partial charge in [-0.2, -0.15) is 0 Å². The molecule has 1 atom stereocenters. The Balaban J connectivity index is 2.83. The van der Waals surface area contributed by atoms with Gasteiger partial charge in [-0.05, 0) is 20.8 Å². The summed E-state index contributed by atoms with van der Waals surface area (Å²) < 4.78 is 13.0. The Bertz CT molecular complexity index is 225. The third kappa shape index (κ3) is 1.57. The molecule has 1 N–H and O–H groups in total. The van der Waals surface area contributed by atoms with Crippen LogP contribution in [0.5, 0.6) is 0 Å². The summed E-state index contributed by atoms with van der Waals surface area (Å²) in [5, 5.41) is 2.50. The molecule has 3 nitrogen and oxygen atoms in total. The Labute approximate surface area is 71.2 Å². The zero-order chi connectivity index (χ0) is 9.30. The Morgan fingerprint density at radius 3 is 2.75 bits per heavy atom. The van der Waals surface area contributed by atoms with Crippen LogP contribution < -0.4 is 5.32 Å². The zero-order valence-corrected chi connectivity index (χ0v) is 7.47. The molecule has 68 valence electrons. The van der Waals surface area contributed by atoms with Crippen molar-refractivity contribution in [3.63, 3.8) is 0 Å². The molecule has 0 aliphatic carbocycles. The second-order valence-corrected chi connectivity index (χ2v) is 3.19. The monoisotopic (exact) mass is 172 g/mol. The van der Waals surface area contributed by atoms with Crippen LogP contribution in [0.4, 0.5) is 9.18 Å². The lowest BCUT2D eigenvalue weighted by Crippen LogP contribution is -2.48. The molecule has 4 heteroatoms. The predicted molar refractivity (Wildman–Crippen MR) is 44.2 cm³/mol. The number of hydrogen-bond donors (Lipinski definition) is 1. The summed E-state index contributed by atoms with van der Waals surface area (Å²) in [6.07, 6.45) is 1.26. The largest absolute Gasteiger partial charge is 0.329 e. The van der Waals surface area contributed by atoms with Gasteiger partial charge in [-0.1, -0.05) is 0 Å². The lowest BCUT2D eigenvalue weighted by molar-refractivity contribution is 0.194. The van der Waals surface area contributed by atoms with Crippen LogP contribution in [0.2, 0.25) is 0 Å². The highest BCUT2D eigenvalue weighted by atomic mass is 19.1. The molecule has 0 radical (unpaired) electrons. The van der Waals surface area contributed by atoms with Gasteiger partial charge in [0.05, 0.1) is 6.04 Å². The lowest BCUT2D eigenvalue weighted by Gasteiger charge is -2.29. The lowest BCUT2D eigenvalue weighted by atomic mass is 10.2. The molecule has 1 unspecified atom stereocenters. The van der Waals surface area contributed by atoms with Gasteiger partial charge in [0.2, 0.25) is 0 Å². The van der Waals surface area contributed by atoms with Crippen molar-refractivity contribution in [1.82, 2.24) is 10.2 Å². The van der Waals surface area contributed by atoms with E-state index in [1.54, 1.807) is 6.92 Å². The molecule has 0 aromatic rings. The van der Waals surface area contributed by atoms with Crippen LogP contribution in [0.1, 0.15) is 20.8 Å². The minimum absolute atomic E-state index is 0.0109. The Kier molecular flexibility index (Phi) is 2.35. The molecule has 2 amide bonds. The van der Waals surface area contributed by atoms with E-state index in [9.17, 15) is 9.18 Å². The molecule has 0 bridgehead atoms. The van der Waals surface area contributed by atoms with Gasteiger partial charge in [0.15, 0.2) is 0 Å². The number of carbonyl (C=O) groups excluding carboxylic acids is 1. The van der Waals surface area contributed by atoms with Crippen molar-refractivity contribution in [1.29, 1.82) is 0 Å². The van der Waals surface area contributed by atoms with Crippen LogP contribution in [-0.4, -0.2) is 23.0 Å². The molecule has 0 aromatic heterocycles. The number of nitrogens with zero attached hydrogens (tertiary/aromatic N) is 1. The zero-order valence-electron chi connectivity index (χ0n) is 7.47. The SMILES string of the molecule is CC1NC(=O)N(C(C)C)C=C1F. The first-order valence-corrected chi connectivity index (χ1v) is 3.98. The minimum atomic E-state index is -0.493. The van der Waals surface area contributed by atoms with Gasteiger partial charge in [-0.25, -0.2) is 9.18 Å². The summed E-state index contributed by atoms with van der Waals surface area (Å²) in [6, 6.07) is -0.741. The predicted octanol–water partition coefficient (Wildman–Crippen LogP) is 1.62. The quantitative estimate of drug-likeness (QED) is 0.640. The summed E-state index contributed by atoms with van der Waals surface area (Å²) in [6.45, 7) is 5.28. The van der Waals surface area contributed by atoms with E-state index in [1.165, 1.54) is 11.1 Å². The first-order chi connectivity index (χ1) is 5.52. The maximum absolute atomic E-state index is 13.0. The van der Waals surface area contributed by atoms with Crippen molar-refractivity contribution < 1.29 is 9.18 Å². The Morgan fingerprint density at radius 1 is 1.67 bits per heavy atom. The van der Waals surface area contributed by atoms with Crippen molar-refractivity contribution in [2.24, 2.45) is 0 Å². The fourth-order valence-corrected chi connectivity index (χ4v) is 1.02. The van der Waals surface area contributed by atoms with Gasteiger partial charge in [0.25, 0.3) is 0 Å². The molecule has 0 aromatic carbocycles. The van der Waals surface area contributed by atoms with E-state index >= 15 is 0 Å². The number of hydrogen-bond acceptors (Lipinski definition) is 1. The van der Waals surface area contributed by atoms with Gasteiger partial charge in [0.1, 0.15) is 5.83 Å². The Hall–Kier alpha value is -1.06. The summed E-state index contributed by atoms with van der Waals surface area (Å²) in [4.78, 5) is 12.5. The average Bonchev–Trinajstić information content (AvgIpc) is 1.96. The third-order valence-electron chi connectivity index (χ3n) is 1.81. The van der Waals surface area contributed by atoms with Crippen LogP contribution in [0.3, 0.4) is 0 Å². The van der Waals surface area contributed by atoms with E-state index in [-0.39, 0.29) is 17.9 Å². The fraction of sp³-hybridized carbons (Fsp3) is 0.625. The van der Waals surface area contributed by atoms with Gasteiger partial charge in [0, 0.05) is 12.2 Å². The topological polar surface area (TPSA) is 32.3 Å². The molecule has 0 saturated heterocycles. The van der Waals surface area contributed by atoms with E-state index in [0.29, 0.717) is 0 Å². The third-order valence-corrected chi connectivity index (χ3v) is 1.81. The van der Waals surface area contributed by atoms with Crippen LogP contribution in [0.15, 0.2) is 12.0 Å². The number of amides is 2. The number of carbonyl (C=O) groups is 1. The summed E-state index contributed by atoms with van der Waals surface area (Å²) in [5.74, 6) is -0.302. The van der Waals surface area contributed by atoms with Crippen molar-refractivity contribution in [2.45, 2.75) is 32.9 Å². The number of halogens is 1. The Morgan fingerprint density at radius 2 is 2.25 bits per heavy atom. The molecule has 1 aliphatic rings. The molecule has 12 heavy (non-hydrogen) atoms. The van der Waals surface area contributed by atoms with E-state index < -0.39 is 6.04 Å². The van der Waals surface area contributed by atoms with Gasteiger partial charge in [-0.15, -0.1) is 0 Å². The van der Waals surface area contributed by atoms with Gasteiger partial charge in [-0.3, -0.25) is 4.90 Å². The number of urea groups is 1. The maximum Gasteiger partial charge on any atom is 0.322 e. The van der Waals surface area contributed by atoms with Crippen LogP contribution >= 0.6 is 0 Å². The number of nitrogens with one attached hydrogen (secondary N) is 1. The van der Waals surface area contributed by atoms with E-state index in [0.717, 1.165) is 0 Å². The van der Waals surface area contributed by atoms with Crippen molar-refractivity contribution >= 4 is 6.03 Å². The molecule has 0 saturated carbocycles. The molecule has 0 spiro atoms. The van der Waals surface area contributed by atoms with Crippen LogP contribution in [-0.2, 0) is 0 Å². The van der Waals surface area contributed by atoms with Gasteiger partial charge >= 0.3 is 6.03 Å². The first kappa shape index (κ1) is 9.03. The molecule has 1 rings (SSSR count). The van der Waals surface area contributed by atoms with Crippen LogP contribution in [0, 0.1) is 0 Å². The molecular weight excluding hydrogens is 159 g/mol.